The number of hydrogen-bond donors (Lipinski definition) is 2. The Bertz CT molecular complexity index is 620. The fraction of sp³-hybridized carbons (Fsp3) is 0.375. The summed E-state index contributed by atoms with van der Waals surface area (Å²) in [6.07, 6.45) is 0.787. The fourth-order valence-electron chi connectivity index (χ4n) is 2.09. The van der Waals surface area contributed by atoms with Gasteiger partial charge in [0.25, 0.3) is 0 Å². The van der Waals surface area contributed by atoms with Crippen molar-refractivity contribution in [2.75, 3.05) is 17.2 Å². The van der Waals surface area contributed by atoms with Crippen molar-refractivity contribution in [2.24, 2.45) is 0 Å². The lowest BCUT2D eigenvalue weighted by atomic mass is 10.2. The molecule has 0 amide bonds. The summed E-state index contributed by atoms with van der Waals surface area (Å²) in [6.45, 7) is 8.96. The second-order valence-electron chi connectivity index (χ2n) is 4.90. The van der Waals surface area contributed by atoms with E-state index >= 15 is 0 Å². The van der Waals surface area contributed by atoms with Crippen molar-refractivity contribution < 1.29 is 0 Å². The highest BCUT2D eigenvalue weighted by molar-refractivity contribution is 6.33. The Balaban J connectivity index is 2.46. The van der Waals surface area contributed by atoms with Gasteiger partial charge < -0.3 is 10.6 Å². The summed E-state index contributed by atoms with van der Waals surface area (Å²) in [5.74, 6) is 2.48. The summed E-state index contributed by atoms with van der Waals surface area (Å²) in [6, 6.07) is 5.84. The van der Waals surface area contributed by atoms with E-state index in [1.54, 1.807) is 0 Å². The first-order valence-electron chi connectivity index (χ1n) is 7.20. The molecule has 0 unspecified atom stereocenters. The largest absolute Gasteiger partial charge is 0.370 e. The Kier molecular flexibility index (Phi) is 5.02. The number of benzene rings is 1. The van der Waals surface area contributed by atoms with E-state index < -0.39 is 0 Å². The van der Waals surface area contributed by atoms with Crippen LogP contribution in [-0.4, -0.2) is 16.5 Å². The zero-order valence-electron chi connectivity index (χ0n) is 12.9. The van der Waals surface area contributed by atoms with Gasteiger partial charge in [0.1, 0.15) is 17.5 Å². The number of nitrogens with zero attached hydrogens (tertiary/aromatic N) is 2. The Morgan fingerprint density at radius 1 is 1.10 bits per heavy atom. The molecule has 0 aliphatic carbocycles. The summed E-state index contributed by atoms with van der Waals surface area (Å²) in [4.78, 5) is 9.12. The number of nitrogens with one attached hydrogen (secondary N) is 2. The van der Waals surface area contributed by atoms with Gasteiger partial charge in [-0.05, 0) is 32.4 Å². The van der Waals surface area contributed by atoms with Gasteiger partial charge in [0.2, 0.25) is 0 Å². The van der Waals surface area contributed by atoms with Gasteiger partial charge in [0.05, 0.1) is 10.7 Å². The van der Waals surface area contributed by atoms with Crippen LogP contribution >= 0.6 is 11.6 Å². The molecule has 0 aliphatic rings. The normalized spacial score (nSPS) is 10.5. The molecule has 5 heteroatoms. The molecule has 2 rings (SSSR count). The third-order valence-corrected chi connectivity index (χ3v) is 3.63. The lowest BCUT2D eigenvalue weighted by Crippen LogP contribution is -2.09. The lowest BCUT2D eigenvalue weighted by molar-refractivity contribution is 0.929. The van der Waals surface area contributed by atoms with Crippen LogP contribution in [0.1, 0.15) is 30.8 Å². The number of hydrogen-bond acceptors (Lipinski definition) is 4. The predicted octanol–water partition coefficient (Wildman–Crippen LogP) is 4.48. The average molecular weight is 305 g/mol. The zero-order chi connectivity index (χ0) is 15.4. The van der Waals surface area contributed by atoms with Crippen LogP contribution in [0.3, 0.4) is 0 Å². The molecule has 1 aromatic heterocycles. The van der Waals surface area contributed by atoms with Crippen LogP contribution in [0.2, 0.25) is 5.02 Å². The highest BCUT2D eigenvalue weighted by atomic mass is 35.5. The maximum Gasteiger partial charge on any atom is 0.139 e. The van der Waals surface area contributed by atoms with E-state index in [1.165, 1.54) is 0 Å². The van der Waals surface area contributed by atoms with Crippen molar-refractivity contribution >= 4 is 28.9 Å². The molecule has 0 saturated carbocycles. The maximum atomic E-state index is 6.28. The van der Waals surface area contributed by atoms with Gasteiger partial charge in [-0.2, -0.15) is 0 Å². The van der Waals surface area contributed by atoms with Crippen molar-refractivity contribution in [1.82, 2.24) is 9.97 Å². The molecule has 0 saturated heterocycles. The molecule has 2 N–H and O–H groups in total. The Morgan fingerprint density at radius 3 is 2.43 bits per heavy atom. The molecule has 0 spiro atoms. The van der Waals surface area contributed by atoms with E-state index in [2.05, 4.69) is 27.5 Å². The average Bonchev–Trinajstić information content (AvgIpc) is 2.46. The first-order valence-corrected chi connectivity index (χ1v) is 7.58. The molecule has 2 aromatic rings. The zero-order valence-corrected chi connectivity index (χ0v) is 13.7. The highest BCUT2D eigenvalue weighted by Crippen LogP contribution is 2.30. The molecular weight excluding hydrogens is 284 g/mol. The summed E-state index contributed by atoms with van der Waals surface area (Å²) in [7, 11) is 0. The van der Waals surface area contributed by atoms with Crippen LogP contribution in [0.4, 0.5) is 17.3 Å². The number of rotatable bonds is 5. The molecule has 1 aromatic carbocycles. The number of anilines is 3. The number of halogens is 1. The van der Waals surface area contributed by atoms with Crippen molar-refractivity contribution in [3.8, 4) is 0 Å². The molecule has 0 radical (unpaired) electrons. The molecule has 0 aliphatic heterocycles. The molecule has 112 valence electrons. The minimum atomic E-state index is 0.691. The molecular formula is C16H21ClN4. The van der Waals surface area contributed by atoms with Crippen molar-refractivity contribution in [2.45, 2.75) is 34.1 Å². The molecule has 0 fully saturated rings. The quantitative estimate of drug-likeness (QED) is 0.855. The predicted molar refractivity (Wildman–Crippen MR) is 89.8 cm³/mol. The topological polar surface area (TPSA) is 49.8 Å². The number of aromatic nitrogens is 2. The van der Waals surface area contributed by atoms with E-state index in [0.29, 0.717) is 5.02 Å². The molecule has 4 nitrogen and oxygen atoms in total. The molecule has 1 heterocycles. The second kappa shape index (κ2) is 6.76. The summed E-state index contributed by atoms with van der Waals surface area (Å²) < 4.78 is 0. The fourth-order valence-corrected chi connectivity index (χ4v) is 2.36. The Morgan fingerprint density at radius 2 is 1.81 bits per heavy atom. The van der Waals surface area contributed by atoms with Crippen LogP contribution < -0.4 is 10.6 Å². The monoisotopic (exact) mass is 304 g/mol. The van der Waals surface area contributed by atoms with Gasteiger partial charge in [0, 0.05) is 18.5 Å². The molecule has 21 heavy (non-hydrogen) atoms. The first kappa shape index (κ1) is 15.6. The second-order valence-corrected chi connectivity index (χ2v) is 5.31. The van der Waals surface area contributed by atoms with Gasteiger partial charge in [-0.15, -0.1) is 0 Å². The van der Waals surface area contributed by atoms with E-state index in [0.717, 1.165) is 47.2 Å². The van der Waals surface area contributed by atoms with Crippen molar-refractivity contribution in [1.29, 1.82) is 0 Å². The Labute approximate surface area is 131 Å². The molecule has 0 atom stereocenters. The Hall–Kier alpha value is -1.81. The van der Waals surface area contributed by atoms with Crippen molar-refractivity contribution in [3.63, 3.8) is 0 Å². The van der Waals surface area contributed by atoms with E-state index in [-0.39, 0.29) is 0 Å². The van der Waals surface area contributed by atoms with Gasteiger partial charge in [-0.3, -0.25) is 0 Å². The SMILES string of the molecule is CCNc1nc(CC)nc(Nc2c(C)cccc2Cl)c1C. The summed E-state index contributed by atoms with van der Waals surface area (Å²) in [5.41, 5.74) is 2.97. The van der Waals surface area contributed by atoms with Gasteiger partial charge >= 0.3 is 0 Å². The molecule has 0 bridgehead atoms. The number of aryl methyl sites for hydroxylation is 2. The van der Waals surface area contributed by atoms with Gasteiger partial charge in [-0.1, -0.05) is 30.7 Å². The third kappa shape index (κ3) is 3.45. The van der Waals surface area contributed by atoms with Crippen LogP contribution in [0.5, 0.6) is 0 Å². The van der Waals surface area contributed by atoms with Crippen LogP contribution in [0.15, 0.2) is 18.2 Å². The maximum absolute atomic E-state index is 6.28. The van der Waals surface area contributed by atoms with Crippen LogP contribution in [-0.2, 0) is 6.42 Å². The minimum Gasteiger partial charge on any atom is -0.370 e. The smallest absolute Gasteiger partial charge is 0.139 e. The van der Waals surface area contributed by atoms with Crippen LogP contribution in [0, 0.1) is 13.8 Å². The van der Waals surface area contributed by atoms with E-state index in [9.17, 15) is 0 Å². The third-order valence-electron chi connectivity index (χ3n) is 3.32. The highest BCUT2D eigenvalue weighted by Gasteiger charge is 2.12. The van der Waals surface area contributed by atoms with E-state index in [4.69, 9.17) is 11.6 Å². The minimum absolute atomic E-state index is 0.691. The lowest BCUT2D eigenvalue weighted by Gasteiger charge is -2.16. The number of para-hydroxylation sites is 1. The summed E-state index contributed by atoms with van der Waals surface area (Å²) >= 11 is 6.28. The van der Waals surface area contributed by atoms with Crippen LogP contribution in [0.25, 0.3) is 0 Å². The van der Waals surface area contributed by atoms with Gasteiger partial charge in [0.15, 0.2) is 0 Å². The summed E-state index contributed by atoms with van der Waals surface area (Å²) in [5, 5.41) is 7.33. The van der Waals surface area contributed by atoms with E-state index in [1.807, 2.05) is 39.0 Å². The van der Waals surface area contributed by atoms with Crippen molar-refractivity contribution in [3.05, 3.63) is 40.2 Å². The van der Waals surface area contributed by atoms with Gasteiger partial charge in [-0.25, -0.2) is 9.97 Å². The standard InChI is InChI=1S/C16H21ClN4/c1-5-13-19-15(18-6-2)11(4)16(20-13)21-14-10(3)8-7-9-12(14)17/h7-9H,5-6H2,1-4H3,(H2,18,19,20,21). The first-order chi connectivity index (χ1) is 10.1.